The fourth-order valence-corrected chi connectivity index (χ4v) is 0.868. The van der Waals surface area contributed by atoms with Crippen LogP contribution >= 0.6 is 0 Å². The lowest BCUT2D eigenvalue weighted by Crippen LogP contribution is -2.37. The van der Waals surface area contributed by atoms with Gasteiger partial charge in [0.25, 0.3) is 0 Å². The summed E-state index contributed by atoms with van der Waals surface area (Å²) >= 11 is 0. The number of nitrogens with zero attached hydrogens (tertiary/aromatic N) is 1. The lowest BCUT2D eigenvalue weighted by Gasteiger charge is -2.27. The molecule has 0 amide bonds. The van der Waals surface area contributed by atoms with E-state index in [0.29, 0.717) is 12.1 Å². The first kappa shape index (κ1) is 9.92. The van der Waals surface area contributed by atoms with Gasteiger partial charge in [0.1, 0.15) is 0 Å². The van der Waals surface area contributed by atoms with Crippen LogP contribution in [0.1, 0.15) is 20.8 Å². The molecule has 0 aliphatic carbocycles. The Morgan fingerprint density at radius 3 is 2.10 bits per heavy atom. The predicted molar refractivity (Wildman–Crippen MR) is 44.2 cm³/mol. The molecule has 0 aromatic rings. The highest BCUT2D eigenvalue weighted by molar-refractivity contribution is 4.65. The minimum Gasteiger partial charge on any atom is -0.383 e. The molecule has 2 nitrogen and oxygen atoms in total. The lowest BCUT2D eigenvalue weighted by atomic mass is 10.2. The van der Waals surface area contributed by atoms with Gasteiger partial charge in [0.15, 0.2) is 0 Å². The van der Waals surface area contributed by atoms with Crippen LogP contribution in [0.3, 0.4) is 0 Å². The molecule has 0 saturated heterocycles. The van der Waals surface area contributed by atoms with E-state index < -0.39 is 0 Å². The molecule has 0 rings (SSSR count). The monoisotopic (exact) mass is 145 g/mol. The summed E-state index contributed by atoms with van der Waals surface area (Å²) in [5, 5.41) is 0. The summed E-state index contributed by atoms with van der Waals surface area (Å²) in [5.41, 5.74) is 0. The zero-order chi connectivity index (χ0) is 8.15. The topological polar surface area (TPSA) is 12.5 Å². The first-order chi connectivity index (χ1) is 4.59. The van der Waals surface area contributed by atoms with Crippen LogP contribution < -0.4 is 0 Å². The van der Waals surface area contributed by atoms with Crippen LogP contribution in [0.4, 0.5) is 0 Å². The first-order valence-corrected chi connectivity index (χ1v) is 3.80. The third kappa shape index (κ3) is 3.18. The smallest absolute Gasteiger partial charge is 0.0615 e. The van der Waals surface area contributed by atoms with E-state index in [2.05, 4.69) is 32.7 Å². The first-order valence-electron chi connectivity index (χ1n) is 3.80. The number of methoxy groups -OCH3 is 1. The molecule has 10 heavy (non-hydrogen) atoms. The maximum absolute atomic E-state index is 5.03. The molecule has 0 fully saturated rings. The van der Waals surface area contributed by atoms with Crippen LogP contribution in [-0.2, 0) is 4.74 Å². The maximum atomic E-state index is 5.03. The Morgan fingerprint density at radius 2 is 1.80 bits per heavy atom. The van der Waals surface area contributed by atoms with Crippen LogP contribution in [-0.4, -0.2) is 37.7 Å². The molecular weight excluding hydrogens is 126 g/mol. The molecule has 0 N–H and O–H groups in total. The summed E-state index contributed by atoms with van der Waals surface area (Å²) in [6.45, 7) is 7.36. The molecule has 1 unspecified atom stereocenters. The largest absolute Gasteiger partial charge is 0.383 e. The van der Waals surface area contributed by atoms with Gasteiger partial charge in [0, 0.05) is 19.2 Å². The lowest BCUT2D eigenvalue weighted by molar-refractivity contribution is 0.0986. The van der Waals surface area contributed by atoms with E-state index in [1.807, 2.05) is 0 Å². The van der Waals surface area contributed by atoms with Crippen molar-refractivity contribution in [2.75, 3.05) is 20.8 Å². The molecule has 1 atom stereocenters. The van der Waals surface area contributed by atoms with Crippen molar-refractivity contribution in [3.8, 4) is 0 Å². The Hall–Kier alpha value is -0.0800. The van der Waals surface area contributed by atoms with E-state index in [-0.39, 0.29) is 0 Å². The molecule has 0 saturated carbocycles. The molecule has 0 spiro atoms. The van der Waals surface area contributed by atoms with E-state index >= 15 is 0 Å². The normalized spacial score (nSPS) is 14.7. The zero-order valence-electron chi connectivity index (χ0n) is 7.72. The van der Waals surface area contributed by atoms with Crippen molar-refractivity contribution in [1.82, 2.24) is 4.90 Å². The van der Waals surface area contributed by atoms with Gasteiger partial charge in [-0.15, -0.1) is 0 Å². The highest BCUT2D eigenvalue weighted by Crippen LogP contribution is 2.00. The molecule has 62 valence electrons. The summed E-state index contributed by atoms with van der Waals surface area (Å²) in [4.78, 5) is 2.30. The van der Waals surface area contributed by atoms with Gasteiger partial charge in [-0.3, -0.25) is 4.90 Å². The Kier molecular flexibility index (Phi) is 4.65. The van der Waals surface area contributed by atoms with Gasteiger partial charge in [-0.2, -0.15) is 0 Å². The third-order valence-electron chi connectivity index (χ3n) is 1.92. The van der Waals surface area contributed by atoms with E-state index in [1.165, 1.54) is 0 Å². The number of hydrogen-bond donors (Lipinski definition) is 0. The van der Waals surface area contributed by atoms with Crippen molar-refractivity contribution in [3.63, 3.8) is 0 Å². The molecule has 2 heteroatoms. The predicted octanol–water partition coefficient (Wildman–Crippen LogP) is 1.36. The van der Waals surface area contributed by atoms with Crippen LogP contribution in [0, 0.1) is 0 Å². The average molecular weight is 145 g/mol. The molecule has 0 aromatic heterocycles. The Labute approximate surface area is 64.2 Å². The van der Waals surface area contributed by atoms with Gasteiger partial charge in [-0.1, -0.05) is 0 Å². The number of ether oxygens (including phenoxy) is 1. The summed E-state index contributed by atoms with van der Waals surface area (Å²) in [6.07, 6.45) is 0. The number of likely N-dealkylation sites (N-methyl/N-ethyl adjacent to an activating group) is 1. The summed E-state index contributed by atoms with van der Waals surface area (Å²) < 4.78 is 5.03. The van der Waals surface area contributed by atoms with Gasteiger partial charge < -0.3 is 4.74 Å². The number of hydrogen-bond acceptors (Lipinski definition) is 2. The molecular formula is C8H19NO. The second kappa shape index (κ2) is 4.69. The second-order valence-corrected chi connectivity index (χ2v) is 3.06. The SMILES string of the molecule is COCC(C)N(C)C(C)C. The van der Waals surface area contributed by atoms with Gasteiger partial charge in [0.2, 0.25) is 0 Å². The molecule has 0 aliphatic rings. The van der Waals surface area contributed by atoms with E-state index in [9.17, 15) is 0 Å². The summed E-state index contributed by atoms with van der Waals surface area (Å²) in [6, 6.07) is 1.12. The minimum atomic E-state index is 0.519. The number of rotatable bonds is 4. The fourth-order valence-electron chi connectivity index (χ4n) is 0.868. The highest BCUT2D eigenvalue weighted by atomic mass is 16.5. The van der Waals surface area contributed by atoms with Crippen molar-refractivity contribution in [2.24, 2.45) is 0 Å². The van der Waals surface area contributed by atoms with Crippen LogP contribution in [0.5, 0.6) is 0 Å². The second-order valence-electron chi connectivity index (χ2n) is 3.06. The van der Waals surface area contributed by atoms with E-state index in [0.717, 1.165) is 6.61 Å². The van der Waals surface area contributed by atoms with Gasteiger partial charge in [-0.25, -0.2) is 0 Å². The maximum Gasteiger partial charge on any atom is 0.0615 e. The van der Waals surface area contributed by atoms with Gasteiger partial charge in [0.05, 0.1) is 6.61 Å². The van der Waals surface area contributed by atoms with Crippen LogP contribution in [0.25, 0.3) is 0 Å². The zero-order valence-corrected chi connectivity index (χ0v) is 7.72. The summed E-state index contributed by atoms with van der Waals surface area (Å²) in [7, 11) is 3.86. The Morgan fingerprint density at radius 1 is 1.30 bits per heavy atom. The van der Waals surface area contributed by atoms with E-state index in [4.69, 9.17) is 4.74 Å². The van der Waals surface area contributed by atoms with Crippen molar-refractivity contribution >= 4 is 0 Å². The van der Waals surface area contributed by atoms with Crippen molar-refractivity contribution in [2.45, 2.75) is 32.9 Å². The van der Waals surface area contributed by atoms with E-state index in [1.54, 1.807) is 7.11 Å². The average Bonchev–Trinajstić information content (AvgIpc) is 1.87. The quantitative estimate of drug-likeness (QED) is 0.592. The molecule has 0 heterocycles. The van der Waals surface area contributed by atoms with Crippen molar-refractivity contribution in [1.29, 1.82) is 0 Å². The van der Waals surface area contributed by atoms with Gasteiger partial charge >= 0.3 is 0 Å². The standard InChI is InChI=1S/C8H19NO/c1-7(2)9(4)8(3)6-10-5/h7-8H,6H2,1-5H3. The van der Waals surface area contributed by atoms with Crippen molar-refractivity contribution in [3.05, 3.63) is 0 Å². The van der Waals surface area contributed by atoms with Crippen LogP contribution in [0.15, 0.2) is 0 Å². The highest BCUT2D eigenvalue weighted by Gasteiger charge is 2.10. The fraction of sp³-hybridized carbons (Fsp3) is 1.00. The molecule has 0 bridgehead atoms. The Bertz CT molecular complexity index is 83.3. The van der Waals surface area contributed by atoms with Gasteiger partial charge in [-0.05, 0) is 27.8 Å². The Balaban J connectivity index is 3.58. The molecule has 0 radical (unpaired) electrons. The summed E-state index contributed by atoms with van der Waals surface area (Å²) in [5.74, 6) is 0. The third-order valence-corrected chi connectivity index (χ3v) is 1.92. The minimum absolute atomic E-state index is 0.519. The molecule has 0 aliphatic heterocycles. The van der Waals surface area contributed by atoms with Crippen molar-refractivity contribution < 1.29 is 4.74 Å². The van der Waals surface area contributed by atoms with Crippen LogP contribution in [0.2, 0.25) is 0 Å². The molecule has 0 aromatic carbocycles.